The molecule has 1 aliphatic heterocycles. The molecule has 2 N–H and O–H groups in total. The van der Waals surface area contributed by atoms with Crippen molar-refractivity contribution in [1.29, 1.82) is 0 Å². The van der Waals surface area contributed by atoms with Gasteiger partial charge in [-0.15, -0.1) is 0 Å². The Hall–Kier alpha value is -3.40. The quantitative estimate of drug-likeness (QED) is 0.525. The van der Waals surface area contributed by atoms with Crippen molar-refractivity contribution < 1.29 is 9.18 Å². The number of carbonyl (C=O) groups is 1. The summed E-state index contributed by atoms with van der Waals surface area (Å²) in [5.41, 5.74) is 6.25. The lowest BCUT2D eigenvalue weighted by molar-refractivity contribution is -0.116. The van der Waals surface area contributed by atoms with Gasteiger partial charge in [0.25, 0.3) is 0 Å². The molecule has 0 spiro atoms. The Labute approximate surface area is 182 Å². The van der Waals surface area contributed by atoms with Crippen LogP contribution in [0.1, 0.15) is 48.4 Å². The van der Waals surface area contributed by atoms with Gasteiger partial charge in [-0.05, 0) is 48.1 Å². The second-order valence-electron chi connectivity index (χ2n) is 8.29. The number of Topliss-reactive ketones (excluding diaryl/α,β-unsaturated/α-hetero) is 1. The van der Waals surface area contributed by atoms with Crippen molar-refractivity contribution in [2.75, 3.05) is 10.6 Å². The number of nitrogens with one attached hydrogen (secondary N) is 2. The number of ketones is 1. The second kappa shape index (κ2) is 8.03. The van der Waals surface area contributed by atoms with Crippen LogP contribution in [0.15, 0.2) is 84.1 Å². The molecule has 0 bridgehead atoms. The lowest BCUT2D eigenvalue weighted by Gasteiger charge is -2.30. The zero-order chi connectivity index (χ0) is 21.4. The molecule has 0 aromatic heterocycles. The highest BCUT2D eigenvalue weighted by atomic mass is 19.1. The zero-order valence-electron chi connectivity index (χ0n) is 17.5. The standard InChI is InChI=1S/C27H25FN2O/c1-2-17-11-13-18(14-12-17)19-15-24-26(25(31)16-19)27(20-7-3-4-8-21(20)28)30-23-10-6-5-9-22(23)29-24/h3-14,19,27,29-30H,2,15-16H2,1H3. The molecule has 0 saturated heterocycles. The highest BCUT2D eigenvalue weighted by Crippen LogP contribution is 2.44. The van der Waals surface area contributed by atoms with Gasteiger partial charge in [-0.2, -0.15) is 0 Å². The van der Waals surface area contributed by atoms with E-state index in [0.717, 1.165) is 23.5 Å². The number of hydrogen-bond donors (Lipinski definition) is 2. The van der Waals surface area contributed by atoms with Crippen molar-refractivity contribution in [3.63, 3.8) is 0 Å². The molecule has 0 fully saturated rings. The van der Waals surface area contributed by atoms with Crippen LogP contribution in [0.2, 0.25) is 0 Å². The number of para-hydroxylation sites is 2. The average Bonchev–Trinajstić information content (AvgIpc) is 2.96. The van der Waals surface area contributed by atoms with Gasteiger partial charge in [0.2, 0.25) is 0 Å². The first-order valence-corrected chi connectivity index (χ1v) is 10.9. The molecule has 3 nitrogen and oxygen atoms in total. The SMILES string of the molecule is CCc1ccc(C2CC(=O)C3=C(C2)Nc2ccccc2NC3c2ccccc2F)cc1. The molecule has 2 unspecified atom stereocenters. The van der Waals surface area contributed by atoms with E-state index in [0.29, 0.717) is 24.0 Å². The van der Waals surface area contributed by atoms with E-state index < -0.39 is 6.04 Å². The van der Waals surface area contributed by atoms with Gasteiger partial charge < -0.3 is 10.6 Å². The van der Waals surface area contributed by atoms with E-state index in [-0.39, 0.29) is 17.5 Å². The van der Waals surface area contributed by atoms with Crippen molar-refractivity contribution in [2.45, 2.75) is 38.1 Å². The minimum absolute atomic E-state index is 0.0619. The number of allylic oxidation sites excluding steroid dienone is 1. The highest BCUT2D eigenvalue weighted by Gasteiger charge is 2.36. The summed E-state index contributed by atoms with van der Waals surface area (Å²) in [5.74, 6) is -0.139. The minimum Gasteiger partial charge on any atom is -0.372 e. The maximum absolute atomic E-state index is 14.8. The predicted molar refractivity (Wildman–Crippen MR) is 123 cm³/mol. The van der Waals surface area contributed by atoms with E-state index in [9.17, 15) is 9.18 Å². The van der Waals surface area contributed by atoms with Crippen molar-refractivity contribution in [1.82, 2.24) is 0 Å². The number of fused-ring (bicyclic) bond motifs is 1. The fourth-order valence-electron chi connectivity index (χ4n) is 4.70. The molecule has 31 heavy (non-hydrogen) atoms. The van der Waals surface area contributed by atoms with Crippen LogP contribution in [-0.4, -0.2) is 5.78 Å². The number of rotatable bonds is 3. The monoisotopic (exact) mass is 412 g/mol. The van der Waals surface area contributed by atoms with E-state index in [1.54, 1.807) is 12.1 Å². The summed E-state index contributed by atoms with van der Waals surface area (Å²) >= 11 is 0. The summed E-state index contributed by atoms with van der Waals surface area (Å²) < 4.78 is 14.8. The fourth-order valence-corrected chi connectivity index (χ4v) is 4.70. The number of benzene rings is 3. The highest BCUT2D eigenvalue weighted by molar-refractivity contribution is 6.01. The van der Waals surface area contributed by atoms with Crippen molar-refractivity contribution in [3.8, 4) is 0 Å². The first kappa shape index (κ1) is 19.6. The molecule has 156 valence electrons. The van der Waals surface area contributed by atoms with Gasteiger partial charge in [-0.3, -0.25) is 4.79 Å². The van der Waals surface area contributed by atoms with Gasteiger partial charge in [0, 0.05) is 23.3 Å². The Kier molecular flexibility index (Phi) is 5.06. The van der Waals surface area contributed by atoms with E-state index in [1.807, 2.05) is 30.3 Å². The van der Waals surface area contributed by atoms with Crippen molar-refractivity contribution in [3.05, 3.63) is 107 Å². The Morgan fingerprint density at radius 2 is 1.61 bits per heavy atom. The van der Waals surface area contributed by atoms with Gasteiger partial charge in [0.1, 0.15) is 5.82 Å². The topological polar surface area (TPSA) is 41.1 Å². The molecule has 0 radical (unpaired) electrons. The number of halogens is 1. The van der Waals surface area contributed by atoms with Gasteiger partial charge in [-0.25, -0.2) is 4.39 Å². The Bertz CT molecular complexity index is 1170. The average molecular weight is 413 g/mol. The van der Waals surface area contributed by atoms with E-state index in [4.69, 9.17) is 0 Å². The van der Waals surface area contributed by atoms with Crippen LogP contribution in [0.3, 0.4) is 0 Å². The van der Waals surface area contributed by atoms with Crippen LogP contribution in [-0.2, 0) is 11.2 Å². The molecule has 0 amide bonds. The van der Waals surface area contributed by atoms with Gasteiger partial charge >= 0.3 is 0 Å². The summed E-state index contributed by atoms with van der Waals surface area (Å²) in [7, 11) is 0. The van der Waals surface area contributed by atoms with Crippen LogP contribution in [0, 0.1) is 5.82 Å². The maximum Gasteiger partial charge on any atom is 0.163 e. The number of aryl methyl sites for hydroxylation is 1. The Balaban J connectivity index is 1.59. The molecular weight excluding hydrogens is 387 g/mol. The first-order valence-electron chi connectivity index (χ1n) is 10.9. The molecular formula is C27H25FN2O. The molecule has 3 aromatic carbocycles. The molecule has 0 saturated carbocycles. The number of anilines is 2. The molecule has 2 atom stereocenters. The van der Waals surface area contributed by atoms with Crippen LogP contribution in [0.5, 0.6) is 0 Å². The number of carbonyl (C=O) groups excluding carboxylic acids is 1. The Morgan fingerprint density at radius 1 is 0.903 bits per heavy atom. The van der Waals surface area contributed by atoms with Crippen LogP contribution in [0.25, 0.3) is 0 Å². The lowest BCUT2D eigenvalue weighted by atomic mass is 9.78. The van der Waals surface area contributed by atoms with Gasteiger partial charge in [0.15, 0.2) is 5.78 Å². The smallest absolute Gasteiger partial charge is 0.163 e. The molecule has 2 aliphatic rings. The van der Waals surface area contributed by atoms with E-state index in [2.05, 4.69) is 41.8 Å². The summed E-state index contributed by atoms with van der Waals surface area (Å²) in [5, 5.41) is 6.94. The van der Waals surface area contributed by atoms with E-state index >= 15 is 0 Å². The first-order chi connectivity index (χ1) is 15.1. The van der Waals surface area contributed by atoms with Crippen molar-refractivity contribution in [2.24, 2.45) is 0 Å². The largest absolute Gasteiger partial charge is 0.372 e. The lowest BCUT2D eigenvalue weighted by Crippen LogP contribution is -2.27. The third-order valence-corrected chi connectivity index (χ3v) is 6.38. The molecule has 1 aliphatic carbocycles. The van der Waals surface area contributed by atoms with Crippen LogP contribution >= 0.6 is 0 Å². The summed E-state index contributed by atoms with van der Waals surface area (Å²) in [4.78, 5) is 13.5. The van der Waals surface area contributed by atoms with E-state index in [1.165, 1.54) is 17.2 Å². The molecule has 5 rings (SSSR count). The summed E-state index contributed by atoms with van der Waals surface area (Å²) in [6.45, 7) is 2.14. The molecule has 3 aromatic rings. The second-order valence-corrected chi connectivity index (χ2v) is 8.29. The molecule has 1 heterocycles. The van der Waals surface area contributed by atoms with Gasteiger partial charge in [0.05, 0.1) is 17.4 Å². The minimum atomic E-state index is -0.525. The third-order valence-electron chi connectivity index (χ3n) is 6.38. The predicted octanol–water partition coefficient (Wildman–Crippen LogP) is 6.37. The number of hydrogen-bond acceptors (Lipinski definition) is 3. The summed E-state index contributed by atoms with van der Waals surface area (Å²) in [6, 6.07) is 22.6. The molecule has 4 heteroatoms. The van der Waals surface area contributed by atoms with Crippen LogP contribution < -0.4 is 10.6 Å². The fraction of sp³-hybridized carbons (Fsp3) is 0.222. The summed E-state index contributed by atoms with van der Waals surface area (Å²) in [6.07, 6.45) is 2.13. The normalized spacial score (nSPS) is 20.3. The maximum atomic E-state index is 14.8. The van der Waals surface area contributed by atoms with Gasteiger partial charge in [-0.1, -0.05) is 61.5 Å². The van der Waals surface area contributed by atoms with Crippen molar-refractivity contribution >= 4 is 17.2 Å². The Morgan fingerprint density at radius 3 is 2.35 bits per heavy atom. The zero-order valence-corrected chi connectivity index (χ0v) is 17.5. The van der Waals surface area contributed by atoms with Crippen LogP contribution in [0.4, 0.5) is 15.8 Å². The third kappa shape index (κ3) is 3.63.